The van der Waals surface area contributed by atoms with E-state index in [1.165, 1.54) is 0 Å². The summed E-state index contributed by atoms with van der Waals surface area (Å²) in [6.07, 6.45) is 0. The summed E-state index contributed by atoms with van der Waals surface area (Å²) in [5.74, 6) is -1.69. The van der Waals surface area contributed by atoms with Crippen molar-refractivity contribution in [1.29, 1.82) is 0 Å². The van der Waals surface area contributed by atoms with E-state index in [2.05, 4.69) is 31.2 Å². The van der Waals surface area contributed by atoms with Crippen molar-refractivity contribution in [1.82, 2.24) is 15.3 Å². The van der Waals surface area contributed by atoms with Gasteiger partial charge < -0.3 is 19.8 Å². The number of halogens is 1. The quantitative estimate of drug-likeness (QED) is 0.149. The van der Waals surface area contributed by atoms with Crippen LogP contribution in [0.1, 0.15) is 29.9 Å². The van der Waals surface area contributed by atoms with Crippen LogP contribution in [0.2, 0.25) is 0 Å². The number of non-ortho nitro benzene ring substituents is 1. The molecule has 3 aromatic rings. The molecule has 5 N–H and O–H groups in total. The second-order valence-electron chi connectivity index (χ2n) is 6.55. The van der Waals surface area contributed by atoms with E-state index >= 15 is 0 Å². The summed E-state index contributed by atoms with van der Waals surface area (Å²) in [7, 11) is -4.92. The Labute approximate surface area is 176 Å². The highest BCUT2D eigenvalue weighted by Gasteiger charge is 2.35. The maximum absolute atomic E-state index is 12.3. The number of benzene rings is 2. The molecule has 11 nitrogen and oxygen atoms in total. The van der Waals surface area contributed by atoms with Crippen molar-refractivity contribution in [2.24, 2.45) is 0 Å². The van der Waals surface area contributed by atoms with E-state index in [0.717, 1.165) is 16.6 Å². The Bertz CT molecular complexity index is 1280. The summed E-state index contributed by atoms with van der Waals surface area (Å²) in [6.45, 7) is 1.66. The Balaban J connectivity index is 2.20. The van der Waals surface area contributed by atoms with E-state index in [9.17, 15) is 34.1 Å². The lowest BCUT2D eigenvalue weighted by Crippen LogP contribution is -2.30. The summed E-state index contributed by atoms with van der Waals surface area (Å²) in [4.78, 5) is 58.4. The molecule has 0 unspecified atom stereocenters. The normalized spacial score (nSPS) is 13.9. The first-order chi connectivity index (χ1) is 14.0. The Morgan fingerprint density at radius 3 is 2.30 bits per heavy atom. The van der Waals surface area contributed by atoms with Gasteiger partial charge >= 0.3 is 18.7 Å². The second-order valence-corrected chi connectivity index (χ2v) is 9.16. The third-order valence-corrected chi connectivity index (χ3v) is 6.09. The molecule has 0 aliphatic carbocycles. The van der Waals surface area contributed by atoms with Crippen LogP contribution in [0.5, 0.6) is 0 Å². The van der Waals surface area contributed by atoms with Crippen LogP contribution in [0.15, 0.2) is 50.5 Å². The number of hydrogen-bond acceptors (Lipinski definition) is 6. The molecule has 0 aliphatic heterocycles. The van der Waals surface area contributed by atoms with Gasteiger partial charge in [0.1, 0.15) is 5.78 Å². The topological polar surface area (TPSA) is 178 Å². The molecule has 1 heterocycles. The number of H-pyrrole nitrogens is 2. The van der Waals surface area contributed by atoms with Gasteiger partial charge in [-0.15, -0.1) is 0 Å². The van der Waals surface area contributed by atoms with Crippen molar-refractivity contribution < 1.29 is 19.3 Å². The van der Waals surface area contributed by atoms with Crippen LogP contribution in [0.4, 0.5) is 5.69 Å². The number of aromatic nitrogens is 2. The van der Waals surface area contributed by atoms with Gasteiger partial charge in [-0.2, -0.15) is 0 Å². The maximum atomic E-state index is 12.3. The molecule has 3 rings (SSSR count). The van der Waals surface area contributed by atoms with Crippen molar-refractivity contribution in [2.45, 2.75) is 18.7 Å². The molecule has 2 atom stereocenters. The van der Waals surface area contributed by atoms with E-state index in [-0.39, 0.29) is 16.6 Å². The molecular weight excluding hydrogens is 483 g/mol. The Morgan fingerprint density at radius 1 is 1.13 bits per heavy atom. The summed E-state index contributed by atoms with van der Waals surface area (Å²) in [5.41, 5.74) is -2.36. The van der Waals surface area contributed by atoms with Crippen molar-refractivity contribution >= 4 is 40.2 Å². The molecule has 0 fully saturated rings. The van der Waals surface area contributed by atoms with E-state index < -0.39 is 41.1 Å². The first-order valence-corrected chi connectivity index (χ1v) is 11.0. The fraction of sp³-hybridized carbons (Fsp3) is 0.176. The minimum atomic E-state index is -4.92. The summed E-state index contributed by atoms with van der Waals surface area (Å²) < 4.78 is 13.1. The van der Waals surface area contributed by atoms with E-state index in [1.54, 1.807) is 31.2 Å². The zero-order valence-electron chi connectivity index (χ0n) is 15.3. The van der Waals surface area contributed by atoms with Gasteiger partial charge in [-0.25, -0.2) is 0 Å². The monoisotopic (exact) mass is 498 g/mol. The van der Waals surface area contributed by atoms with Crippen molar-refractivity contribution in [3.8, 4) is 0 Å². The second kappa shape index (κ2) is 8.25. The summed E-state index contributed by atoms with van der Waals surface area (Å²) >= 11 is 3.30. The van der Waals surface area contributed by atoms with Gasteiger partial charge in [0.05, 0.1) is 16.0 Å². The Hall–Kier alpha value is -2.63. The number of aromatic amines is 2. The maximum Gasteiger partial charge on any atom is 0.346 e. The fourth-order valence-corrected chi connectivity index (χ4v) is 4.26. The van der Waals surface area contributed by atoms with E-state index in [1.807, 2.05) is 0 Å². The van der Waals surface area contributed by atoms with Gasteiger partial charge in [-0.3, -0.25) is 29.6 Å². The number of fused-ring (bicyclic) bond motifs is 1. The lowest BCUT2D eigenvalue weighted by Gasteiger charge is -2.25. The third-order valence-electron chi connectivity index (χ3n) is 4.47. The highest BCUT2D eigenvalue weighted by molar-refractivity contribution is 9.10. The van der Waals surface area contributed by atoms with Gasteiger partial charge in [0.25, 0.3) is 5.69 Å². The van der Waals surface area contributed by atoms with Crippen molar-refractivity contribution in [3.05, 3.63) is 82.8 Å². The van der Waals surface area contributed by atoms with Gasteiger partial charge in [0.15, 0.2) is 0 Å². The van der Waals surface area contributed by atoms with Gasteiger partial charge in [0.2, 0.25) is 0 Å². The molecule has 2 aromatic carbocycles. The van der Waals surface area contributed by atoms with E-state index in [0.29, 0.717) is 5.56 Å². The Kier molecular flexibility index (Phi) is 6.06. The predicted octanol–water partition coefficient (Wildman–Crippen LogP) is 2.41. The average molecular weight is 499 g/mol. The highest BCUT2D eigenvalue weighted by atomic mass is 79.9. The molecule has 0 saturated carbocycles. The average Bonchev–Trinajstić information content (AvgIpc) is 2.66. The molecule has 0 amide bonds. The fourth-order valence-electron chi connectivity index (χ4n) is 3.01. The first-order valence-electron chi connectivity index (χ1n) is 8.48. The van der Waals surface area contributed by atoms with Crippen molar-refractivity contribution in [3.63, 3.8) is 0 Å². The van der Waals surface area contributed by atoms with Crippen LogP contribution in [0.3, 0.4) is 0 Å². The molecule has 0 radical (unpaired) electrons. The number of nitro benzene ring substituents is 1. The van der Waals surface area contributed by atoms with E-state index in [4.69, 9.17) is 0 Å². The Morgan fingerprint density at radius 2 is 1.73 bits per heavy atom. The van der Waals surface area contributed by atoms with Crippen LogP contribution in [-0.2, 0) is 4.57 Å². The molecule has 158 valence electrons. The van der Waals surface area contributed by atoms with Gasteiger partial charge in [-0.1, -0.05) is 28.1 Å². The number of nitrogens with zero attached hydrogens (tertiary/aromatic N) is 1. The SMILES string of the molecule is C[C@H](N[C@H](c1cc([N+](=O)[O-])cc2[nH]c(=O)c(=O)[nH]c12)P(=O)(O)O)c1ccc(Br)cc1. The minimum Gasteiger partial charge on any atom is -0.323 e. The number of nitrogens with one attached hydrogen (secondary N) is 3. The lowest BCUT2D eigenvalue weighted by atomic mass is 10.1. The number of hydrogen-bond donors (Lipinski definition) is 5. The predicted molar refractivity (Wildman–Crippen MR) is 112 cm³/mol. The zero-order chi connectivity index (χ0) is 22.2. The number of nitro groups is 1. The zero-order valence-corrected chi connectivity index (χ0v) is 17.8. The first kappa shape index (κ1) is 22.1. The third kappa shape index (κ3) is 4.58. The summed E-state index contributed by atoms with van der Waals surface area (Å²) in [6, 6.07) is 8.38. The summed E-state index contributed by atoms with van der Waals surface area (Å²) in [5, 5.41) is 14.1. The van der Waals surface area contributed by atoms with Crippen molar-refractivity contribution in [2.75, 3.05) is 0 Å². The molecule has 0 bridgehead atoms. The smallest absolute Gasteiger partial charge is 0.323 e. The van der Waals surface area contributed by atoms with Crippen LogP contribution in [0.25, 0.3) is 11.0 Å². The molecule has 13 heteroatoms. The van der Waals surface area contributed by atoms with Crippen LogP contribution in [-0.4, -0.2) is 24.7 Å². The highest BCUT2D eigenvalue weighted by Crippen LogP contribution is 2.52. The standard InChI is InChI=1S/C17H16BrN4O7P/c1-8(9-2-4-10(18)5-3-9)19-17(30(27,28)29)12-6-11(22(25)26)7-13-14(12)21-16(24)15(23)20-13/h2-8,17,19H,1H3,(H,20,23)(H,21,24)(H2,27,28,29)/t8-,17-/m0/s1. The van der Waals surface area contributed by atoms with Gasteiger partial charge in [0, 0.05) is 28.2 Å². The van der Waals surface area contributed by atoms with Crippen LogP contribution in [0, 0.1) is 10.1 Å². The molecular formula is C17H16BrN4O7P. The molecule has 0 spiro atoms. The molecule has 1 aromatic heterocycles. The minimum absolute atomic E-state index is 0.117. The lowest BCUT2D eigenvalue weighted by molar-refractivity contribution is -0.384. The molecule has 30 heavy (non-hydrogen) atoms. The van der Waals surface area contributed by atoms with Crippen LogP contribution >= 0.6 is 23.5 Å². The van der Waals surface area contributed by atoms with Gasteiger partial charge in [-0.05, 0) is 24.6 Å². The molecule has 0 aliphatic rings. The number of rotatable bonds is 6. The molecule has 0 saturated heterocycles. The van der Waals surface area contributed by atoms with Crippen LogP contribution < -0.4 is 16.4 Å². The largest absolute Gasteiger partial charge is 0.346 e.